The number of nitro groups is 1. The summed E-state index contributed by atoms with van der Waals surface area (Å²) in [6.45, 7) is 4.27. The Hall–Kier alpha value is -1.59. The van der Waals surface area contributed by atoms with Crippen molar-refractivity contribution in [2.24, 2.45) is 5.73 Å². The number of hydrogen-bond acceptors (Lipinski definition) is 4. The standard InChI is InChI=1S/C10H11ClN2O3/c1-7(5-12)6-16-8-2-3-10(13(14)15)9(11)4-8/h2-4H,1,5-6,12H2. The number of nitrogens with two attached hydrogens (primary N) is 1. The minimum absolute atomic E-state index is 0.0425. The number of ether oxygens (including phenoxy) is 1. The van der Waals surface area contributed by atoms with Crippen molar-refractivity contribution >= 4 is 17.3 Å². The number of halogens is 1. The van der Waals surface area contributed by atoms with E-state index in [-0.39, 0.29) is 17.3 Å². The third kappa shape index (κ3) is 3.22. The molecule has 1 aromatic rings. The molecule has 0 aliphatic heterocycles. The summed E-state index contributed by atoms with van der Waals surface area (Å²) >= 11 is 5.70. The van der Waals surface area contributed by atoms with Crippen LogP contribution in [0.3, 0.4) is 0 Å². The minimum Gasteiger partial charge on any atom is -0.489 e. The van der Waals surface area contributed by atoms with Crippen LogP contribution >= 0.6 is 11.6 Å². The SMILES string of the molecule is C=C(CN)COc1ccc([N+](=O)[O-])c(Cl)c1. The Morgan fingerprint density at radius 1 is 1.62 bits per heavy atom. The maximum absolute atomic E-state index is 10.5. The second-order valence-electron chi connectivity index (χ2n) is 3.11. The first-order valence-electron chi connectivity index (χ1n) is 4.48. The molecule has 0 bridgehead atoms. The van der Waals surface area contributed by atoms with Gasteiger partial charge in [0, 0.05) is 18.7 Å². The molecule has 0 aliphatic carbocycles. The number of nitro benzene ring substituents is 1. The van der Waals surface area contributed by atoms with Crippen LogP contribution in [0.1, 0.15) is 0 Å². The van der Waals surface area contributed by atoms with Crippen LogP contribution in [-0.4, -0.2) is 18.1 Å². The van der Waals surface area contributed by atoms with Crippen LogP contribution in [0.4, 0.5) is 5.69 Å². The van der Waals surface area contributed by atoms with Gasteiger partial charge in [-0.25, -0.2) is 0 Å². The molecule has 6 heteroatoms. The third-order valence-corrected chi connectivity index (χ3v) is 2.15. The molecule has 0 aliphatic rings. The number of nitrogens with zero attached hydrogens (tertiary/aromatic N) is 1. The lowest BCUT2D eigenvalue weighted by Crippen LogP contribution is -2.09. The number of hydrogen-bond donors (Lipinski definition) is 1. The van der Waals surface area contributed by atoms with Gasteiger partial charge in [-0.1, -0.05) is 18.2 Å². The Labute approximate surface area is 97.6 Å². The molecular formula is C10H11ClN2O3. The van der Waals surface area contributed by atoms with Gasteiger partial charge in [0.05, 0.1) is 4.92 Å². The molecule has 1 rings (SSSR count). The molecule has 16 heavy (non-hydrogen) atoms. The summed E-state index contributed by atoms with van der Waals surface area (Å²) in [5.41, 5.74) is 5.92. The summed E-state index contributed by atoms with van der Waals surface area (Å²) in [6, 6.07) is 4.17. The van der Waals surface area contributed by atoms with Crippen LogP contribution < -0.4 is 10.5 Å². The van der Waals surface area contributed by atoms with Gasteiger partial charge in [0.1, 0.15) is 17.4 Å². The van der Waals surface area contributed by atoms with Crippen molar-refractivity contribution in [1.82, 2.24) is 0 Å². The Bertz CT molecular complexity index is 421. The molecule has 0 amide bonds. The lowest BCUT2D eigenvalue weighted by Gasteiger charge is -2.07. The lowest BCUT2D eigenvalue weighted by molar-refractivity contribution is -0.384. The highest BCUT2D eigenvalue weighted by Gasteiger charge is 2.12. The molecule has 0 heterocycles. The first-order valence-corrected chi connectivity index (χ1v) is 4.86. The zero-order valence-electron chi connectivity index (χ0n) is 8.48. The second-order valence-corrected chi connectivity index (χ2v) is 3.52. The average molecular weight is 243 g/mol. The zero-order chi connectivity index (χ0) is 12.1. The van der Waals surface area contributed by atoms with Crippen molar-refractivity contribution in [1.29, 1.82) is 0 Å². The van der Waals surface area contributed by atoms with Gasteiger partial charge in [0.25, 0.3) is 5.69 Å². The van der Waals surface area contributed by atoms with Crippen molar-refractivity contribution in [2.75, 3.05) is 13.2 Å². The van der Waals surface area contributed by atoms with E-state index in [0.717, 1.165) is 5.57 Å². The molecule has 0 spiro atoms. The minimum atomic E-state index is -0.551. The van der Waals surface area contributed by atoms with Gasteiger partial charge in [-0.3, -0.25) is 10.1 Å². The van der Waals surface area contributed by atoms with E-state index < -0.39 is 4.92 Å². The van der Waals surface area contributed by atoms with Gasteiger partial charge in [0.15, 0.2) is 0 Å². The monoisotopic (exact) mass is 242 g/mol. The molecule has 2 N–H and O–H groups in total. The van der Waals surface area contributed by atoms with Gasteiger partial charge in [-0.2, -0.15) is 0 Å². The quantitative estimate of drug-likeness (QED) is 0.487. The van der Waals surface area contributed by atoms with E-state index in [9.17, 15) is 10.1 Å². The van der Waals surface area contributed by atoms with Crippen LogP contribution in [0.5, 0.6) is 5.75 Å². The Morgan fingerprint density at radius 3 is 2.81 bits per heavy atom. The summed E-state index contributed by atoms with van der Waals surface area (Å²) in [5.74, 6) is 0.449. The predicted octanol–water partition coefficient (Wildman–Crippen LogP) is 2.14. The van der Waals surface area contributed by atoms with Gasteiger partial charge >= 0.3 is 0 Å². The van der Waals surface area contributed by atoms with Crippen LogP contribution in [0.25, 0.3) is 0 Å². The van der Waals surface area contributed by atoms with Crippen molar-refractivity contribution in [2.45, 2.75) is 0 Å². The number of rotatable bonds is 5. The highest BCUT2D eigenvalue weighted by molar-refractivity contribution is 6.32. The van der Waals surface area contributed by atoms with E-state index in [1.807, 2.05) is 0 Å². The summed E-state index contributed by atoms with van der Waals surface area (Å²) in [4.78, 5) is 9.94. The van der Waals surface area contributed by atoms with Gasteiger partial charge in [-0.15, -0.1) is 0 Å². The number of benzene rings is 1. The first-order chi connectivity index (χ1) is 7.54. The van der Waals surface area contributed by atoms with Crippen LogP contribution in [0.2, 0.25) is 5.02 Å². The summed E-state index contributed by atoms with van der Waals surface area (Å²) in [6.07, 6.45) is 0. The largest absolute Gasteiger partial charge is 0.489 e. The van der Waals surface area contributed by atoms with Crippen LogP contribution in [0, 0.1) is 10.1 Å². The van der Waals surface area contributed by atoms with E-state index in [4.69, 9.17) is 22.1 Å². The normalized spacial score (nSPS) is 9.88. The molecule has 86 valence electrons. The molecule has 0 saturated carbocycles. The summed E-state index contributed by atoms with van der Waals surface area (Å²) in [5, 5.41) is 10.5. The molecule has 0 aromatic heterocycles. The molecule has 0 radical (unpaired) electrons. The Kier molecular flexibility index (Phi) is 4.28. The van der Waals surface area contributed by atoms with Crippen LogP contribution in [-0.2, 0) is 0 Å². The lowest BCUT2D eigenvalue weighted by atomic mass is 10.3. The fraction of sp³-hybridized carbons (Fsp3) is 0.200. The zero-order valence-corrected chi connectivity index (χ0v) is 9.24. The first kappa shape index (κ1) is 12.5. The summed E-state index contributed by atoms with van der Waals surface area (Å²) < 4.78 is 5.29. The van der Waals surface area contributed by atoms with Crippen molar-refractivity contribution in [3.05, 3.63) is 45.5 Å². The van der Waals surface area contributed by atoms with E-state index in [2.05, 4.69) is 6.58 Å². The highest BCUT2D eigenvalue weighted by Crippen LogP contribution is 2.28. The molecule has 0 fully saturated rings. The van der Waals surface area contributed by atoms with Gasteiger partial charge < -0.3 is 10.5 Å². The molecule has 0 saturated heterocycles. The van der Waals surface area contributed by atoms with E-state index >= 15 is 0 Å². The second kappa shape index (κ2) is 5.48. The van der Waals surface area contributed by atoms with Crippen molar-refractivity contribution in [3.63, 3.8) is 0 Å². The molecule has 0 atom stereocenters. The Balaban J connectivity index is 2.74. The summed E-state index contributed by atoms with van der Waals surface area (Å²) in [7, 11) is 0. The third-order valence-electron chi connectivity index (χ3n) is 1.85. The van der Waals surface area contributed by atoms with E-state index in [0.29, 0.717) is 12.3 Å². The maximum atomic E-state index is 10.5. The highest BCUT2D eigenvalue weighted by atomic mass is 35.5. The molecule has 0 unspecified atom stereocenters. The van der Waals surface area contributed by atoms with Crippen molar-refractivity contribution in [3.8, 4) is 5.75 Å². The molecule has 1 aromatic carbocycles. The molecule has 5 nitrogen and oxygen atoms in total. The Morgan fingerprint density at radius 2 is 2.31 bits per heavy atom. The van der Waals surface area contributed by atoms with E-state index in [1.165, 1.54) is 18.2 Å². The van der Waals surface area contributed by atoms with Gasteiger partial charge in [0.2, 0.25) is 0 Å². The fourth-order valence-electron chi connectivity index (χ4n) is 0.970. The maximum Gasteiger partial charge on any atom is 0.288 e. The predicted molar refractivity (Wildman–Crippen MR) is 61.8 cm³/mol. The van der Waals surface area contributed by atoms with Crippen molar-refractivity contribution < 1.29 is 9.66 Å². The fourth-order valence-corrected chi connectivity index (χ4v) is 1.21. The topological polar surface area (TPSA) is 78.4 Å². The smallest absolute Gasteiger partial charge is 0.288 e. The van der Waals surface area contributed by atoms with Crippen LogP contribution in [0.15, 0.2) is 30.4 Å². The van der Waals surface area contributed by atoms with E-state index in [1.54, 1.807) is 0 Å². The van der Waals surface area contributed by atoms with Gasteiger partial charge in [-0.05, 0) is 11.6 Å². The average Bonchev–Trinajstić information content (AvgIpc) is 2.25. The molecular weight excluding hydrogens is 232 g/mol.